The molecule has 8 aromatic rings. The Bertz CT molecular complexity index is 2370. The summed E-state index contributed by atoms with van der Waals surface area (Å²) in [6.45, 7) is 4.65. The molecule has 4 heteroatoms. The van der Waals surface area contributed by atoms with Gasteiger partial charge in [-0.15, -0.1) is 0 Å². The van der Waals surface area contributed by atoms with E-state index in [0.29, 0.717) is 5.95 Å². The van der Waals surface area contributed by atoms with Gasteiger partial charge in [0.2, 0.25) is 5.95 Å². The number of benzene rings is 6. The van der Waals surface area contributed by atoms with Crippen LogP contribution >= 0.6 is 0 Å². The molecule has 47 heavy (non-hydrogen) atoms. The van der Waals surface area contributed by atoms with Crippen LogP contribution in [-0.4, -0.2) is 14.5 Å². The van der Waals surface area contributed by atoms with Crippen molar-refractivity contribution in [3.05, 3.63) is 169 Å². The third-order valence-corrected chi connectivity index (χ3v) is 9.71. The van der Waals surface area contributed by atoms with Crippen LogP contribution in [0.15, 0.2) is 158 Å². The molecule has 0 bridgehead atoms. The van der Waals surface area contributed by atoms with Crippen molar-refractivity contribution in [2.45, 2.75) is 19.3 Å². The number of anilines is 3. The second kappa shape index (κ2) is 10.5. The lowest BCUT2D eigenvalue weighted by Crippen LogP contribution is -2.15. The Labute approximate surface area is 274 Å². The van der Waals surface area contributed by atoms with E-state index < -0.39 is 0 Å². The highest BCUT2D eigenvalue weighted by atomic mass is 15.2. The van der Waals surface area contributed by atoms with Gasteiger partial charge in [-0.25, -0.2) is 9.97 Å². The minimum absolute atomic E-state index is 0.0980. The van der Waals surface area contributed by atoms with Crippen LogP contribution in [0.1, 0.15) is 25.0 Å². The van der Waals surface area contributed by atoms with E-state index in [2.05, 4.69) is 163 Å². The summed E-state index contributed by atoms with van der Waals surface area (Å²) in [7, 11) is 0. The first-order chi connectivity index (χ1) is 23.1. The predicted octanol–water partition coefficient (Wildman–Crippen LogP) is 11.0. The molecule has 0 N–H and O–H groups in total. The van der Waals surface area contributed by atoms with Crippen LogP contribution in [0.5, 0.6) is 0 Å². The molecule has 6 aromatic carbocycles. The van der Waals surface area contributed by atoms with Crippen LogP contribution in [0.2, 0.25) is 0 Å². The van der Waals surface area contributed by atoms with Crippen molar-refractivity contribution in [1.29, 1.82) is 0 Å². The van der Waals surface area contributed by atoms with E-state index in [1.54, 1.807) is 0 Å². The van der Waals surface area contributed by atoms with Crippen molar-refractivity contribution < 1.29 is 0 Å². The molecule has 0 unspecified atom stereocenters. The summed E-state index contributed by atoms with van der Waals surface area (Å²) < 4.78 is 2.22. The number of nitrogens with zero attached hydrogens (tertiary/aromatic N) is 4. The maximum atomic E-state index is 4.69. The number of aromatic nitrogens is 3. The Kier molecular flexibility index (Phi) is 6.12. The number of hydrogen-bond acceptors (Lipinski definition) is 3. The standard InChI is InChI=1S/C43H32N4/c1-43(2)38-17-10-9-16-34(38)35-27-37-36-26-30(20-23-40(36)47(41(37)28-39(35)43)42-44-24-11-25-45-42)29-18-21-33(22-19-29)46(31-12-5-3-6-13-31)32-14-7-4-8-15-32/h3-28H,1-2H3. The molecule has 2 aromatic heterocycles. The molecule has 0 aliphatic heterocycles. The van der Waals surface area contributed by atoms with Gasteiger partial charge in [-0.3, -0.25) is 4.57 Å². The average molecular weight is 605 g/mol. The van der Waals surface area contributed by atoms with Gasteiger partial charge in [-0.2, -0.15) is 0 Å². The molecule has 0 spiro atoms. The Morgan fingerprint density at radius 2 is 1.09 bits per heavy atom. The summed E-state index contributed by atoms with van der Waals surface area (Å²) in [5, 5.41) is 2.39. The van der Waals surface area contributed by atoms with Gasteiger partial charge in [0.25, 0.3) is 0 Å². The van der Waals surface area contributed by atoms with Gasteiger partial charge in [0.05, 0.1) is 11.0 Å². The summed E-state index contributed by atoms with van der Waals surface area (Å²) in [6.07, 6.45) is 3.63. The van der Waals surface area contributed by atoms with E-state index in [4.69, 9.17) is 9.97 Å². The van der Waals surface area contributed by atoms with Crippen molar-refractivity contribution in [3.63, 3.8) is 0 Å². The number of fused-ring (bicyclic) bond motifs is 6. The second-order valence-electron chi connectivity index (χ2n) is 12.8. The molecular weight excluding hydrogens is 573 g/mol. The molecule has 4 nitrogen and oxygen atoms in total. The topological polar surface area (TPSA) is 34.0 Å². The molecular formula is C43H32N4. The van der Waals surface area contributed by atoms with Crippen LogP contribution in [0.25, 0.3) is 50.0 Å². The third kappa shape index (κ3) is 4.29. The zero-order chi connectivity index (χ0) is 31.5. The Hall–Kier alpha value is -6.00. The fourth-order valence-corrected chi connectivity index (χ4v) is 7.42. The highest BCUT2D eigenvalue weighted by molar-refractivity contribution is 6.12. The molecule has 0 fully saturated rings. The molecule has 0 saturated carbocycles. The molecule has 1 aliphatic carbocycles. The zero-order valence-corrected chi connectivity index (χ0v) is 26.3. The molecule has 9 rings (SSSR count). The fourth-order valence-electron chi connectivity index (χ4n) is 7.42. The minimum Gasteiger partial charge on any atom is -0.311 e. The molecule has 0 amide bonds. The maximum absolute atomic E-state index is 4.69. The smallest absolute Gasteiger partial charge is 0.234 e. The number of rotatable bonds is 5. The first-order valence-corrected chi connectivity index (χ1v) is 16.1. The van der Waals surface area contributed by atoms with Gasteiger partial charge in [-0.1, -0.05) is 92.7 Å². The molecule has 0 radical (unpaired) electrons. The van der Waals surface area contributed by atoms with Crippen LogP contribution in [0.3, 0.4) is 0 Å². The van der Waals surface area contributed by atoms with E-state index in [9.17, 15) is 0 Å². The summed E-state index contributed by atoms with van der Waals surface area (Å²) in [4.78, 5) is 11.7. The van der Waals surface area contributed by atoms with Gasteiger partial charge >= 0.3 is 0 Å². The lowest BCUT2D eigenvalue weighted by Gasteiger charge is -2.25. The first kappa shape index (κ1) is 27.3. The van der Waals surface area contributed by atoms with Crippen LogP contribution in [0, 0.1) is 0 Å². The van der Waals surface area contributed by atoms with Crippen LogP contribution in [0.4, 0.5) is 17.1 Å². The lowest BCUT2D eigenvalue weighted by atomic mass is 9.82. The predicted molar refractivity (Wildman–Crippen MR) is 194 cm³/mol. The highest BCUT2D eigenvalue weighted by Gasteiger charge is 2.36. The summed E-state index contributed by atoms with van der Waals surface area (Å²) in [5.41, 5.74) is 13.2. The fraction of sp³-hybridized carbons (Fsp3) is 0.0698. The van der Waals surface area contributed by atoms with Gasteiger partial charge in [0, 0.05) is 45.6 Å². The molecule has 0 saturated heterocycles. The van der Waals surface area contributed by atoms with E-state index in [1.165, 1.54) is 44.2 Å². The lowest BCUT2D eigenvalue weighted by molar-refractivity contribution is 0.661. The van der Waals surface area contributed by atoms with E-state index in [0.717, 1.165) is 28.1 Å². The van der Waals surface area contributed by atoms with Crippen molar-refractivity contribution in [2.24, 2.45) is 0 Å². The van der Waals surface area contributed by atoms with Gasteiger partial charge in [-0.05, 0) is 100 Å². The van der Waals surface area contributed by atoms with Crippen molar-refractivity contribution >= 4 is 38.9 Å². The number of para-hydroxylation sites is 2. The summed E-state index contributed by atoms with van der Waals surface area (Å²) in [6, 6.07) is 52.2. The van der Waals surface area contributed by atoms with Gasteiger partial charge in [0.1, 0.15) is 0 Å². The molecule has 1 aliphatic rings. The summed E-state index contributed by atoms with van der Waals surface area (Å²) >= 11 is 0. The SMILES string of the molecule is CC1(C)c2ccccc2-c2cc3c4cc(-c5ccc(N(c6ccccc6)c6ccccc6)cc5)ccc4n(-c4ncccn4)c3cc21. The zero-order valence-electron chi connectivity index (χ0n) is 26.3. The van der Waals surface area contributed by atoms with Crippen molar-refractivity contribution in [2.75, 3.05) is 4.90 Å². The average Bonchev–Trinajstić information content (AvgIpc) is 3.57. The van der Waals surface area contributed by atoms with Crippen molar-refractivity contribution in [3.8, 4) is 28.2 Å². The first-order valence-electron chi connectivity index (χ1n) is 16.1. The van der Waals surface area contributed by atoms with Gasteiger partial charge < -0.3 is 4.90 Å². The summed E-state index contributed by atoms with van der Waals surface area (Å²) in [5.74, 6) is 0.680. The van der Waals surface area contributed by atoms with E-state index in [1.807, 2.05) is 18.5 Å². The highest BCUT2D eigenvalue weighted by Crippen LogP contribution is 2.51. The Morgan fingerprint density at radius 3 is 1.79 bits per heavy atom. The molecule has 2 heterocycles. The third-order valence-electron chi connectivity index (χ3n) is 9.71. The molecule has 224 valence electrons. The van der Waals surface area contributed by atoms with Crippen molar-refractivity contribution in [1.82, 2.24) is 14.5 Å². The van der Waals surface area contributed by atoms with Crippen LogP contribution < -0.4 is 4.90 Å². The second-order valence-corrected chi connectivity index (χ2v) is 12.8. The Morgan fingerprint density at radius 1 is 0.489 bits per heavy atom. The maximum Gasteiger partial charge on any atom is 0.234 e. The van der Waals surface area contributed by atoms with E-state index >= 15 is 0 Å². The van der Waals surface area contributed by atoms with E-state index in [-0.39, 0.29) is 5.41 Å². The normalized spacial score (nSPS) is 13.1. The van der Waals surface area contributed by atoms with Gasteiger partial charge in [0.15, 0.2) is 0 Å². The quantitative estimate of drug-likeness (QED) is 0.196. The largest absolute Gasteiger partial charge is 0.311 e. The molecule has 0 atom stereocenters. The number of hydrogen-bond donors (Lipinski definition) is 0. The monoisotopic (exact) mass is 604 g/mol. The minimum atomic E-state index is -0.0980. The Balaban J connectivity index is 1.21. The van der Waals surface area contributed by atoms with Crippen LogP contribution in [-0.2, 0) is 5.41 Å².